The number of nitrogens with zero attached hydrogens (tertiary/aromatic N) is 2. The monoisotopic (exact) mass is 287 g/mol. The second-order valence-corrected chi connectivity index (χ2v) is 4.46. The molecular formula is C15H11F2N3O. The second kappa shape index (κ2) is 5.41. The molecule has 0 aliphatic heterocycles. The average molecular weight is 287 g/mol. The Morgan fingerprint density at radius 3 is 2.43 bits per heavy atom. The molecule has 106 valence electrons. The fourth-order valence-electron chi connectivity index (χ4n) is 1.91. The van der Waals surface area contributed by atoms with Gasteiger partial charge >= 0.3 is 0 Å². The summed E-state index contributed by atoms with van der Waals surface area (Å²) in [6, 6.07) is 12.0. The van der Waals surface area contributed by atoms with E-state index in [2.05, 4.69) is 10.2 Å². The Kier molecular flexibility index (Phi) is 3.45. The summed E-state index contributed by atoms with van der Waals surface area (Å²) < 4.78 is 31.6. The molecule has 6 heteroatoms. The lowest BCUT2D eigenvalue weighted by molar-refractivity contribution is 0.482. The molecule has 2 aromatic carbocycles. The van der Waals surface area contributed by atoms with E-state index in [1.165, 1.54) is 6.07 Å². The van der Waals surface area contributed by atoms with E-state index in [9.17, 15) is 8.78 Å². The smallest absolute Gasteiger partial charge is 0.247 e. The first-order chi connectivity index (χ1) is 10.1. The number of rotatable bonds is 3. The third-order valence-electron chi connectivity index (χ3n) is 3.03. The zero-order valence-electron chi connectivity index (χ0n) is 10.8. The minimum Gasteiger partial charge on any atom is -0.419 e. The van der Waals surface area contributed by atoms with Crippen molar-refractivity contribution in [3.05, 3.63) is 71.6 Å². The predicted octanol–water partition coefficient (Wildman–Crippen LogP) is 3.06. The highest BCUT2D eigenvalue weighted by atomic mass is 19.2. The third-order valence-corrected chi connectivity index (χ3v) is 3.03. The van der Waals surface area contributed by atoms with Crippen molar-refractivity contribution in [1.82, 2.24) is 10.2 Å². The maximum atomic E-state index is 13.2. The van der Waals surface area contributed by atoms with Crippen LogP contribution in [0.2, 0.25) is 0 Å². The molecule has 1 aromatic heterocycles. The van der Waals surface area contributed by atoms with Crippen LogP contribution in [-0.2, 0) is 0 Å². The first kappa shape index (κ1) is 13.4. The fourth-order valence-corrected chi connectivity index (χ4v) is 1.91. The van der Waals surface area contributed by atoms with E-state index >= 15 is 0 Å². The number of hydrogen-bond acceptors (Lipinski definition) is 4. The van der Waals surface area contributed by atoms with Gasteiger partial charge in [0.2, 0.25) is 11.8 Å². The van der Waals surface area contributed by atoms with Gasteiger partial charge in [0, 0.05) is 5.56 Å². The number of aromatic nitrogens is 2. The molecule has 4 nitrogen and oxygen atoms in total. The van der Waals surface area contributed by atoms with Crippen molar-refractivity contribution in [3.63, 3.8) is 0 Å². The van der Waals surface area contributed by atoms with Crippen molar-refractivity contribution in [2.24, 2.45) is 5.73 Å². The Morgan fingerprint density at radius 2 is 1.71 bits per heavy atom. The van der Waals surface area contributed by atoms with Crippen molar-refractivity contribution in [1.29, 1.82) is 0 Å². The normalized spacial score (nSPS) is 12.3. The van der Waals surface area contributed by atoms with E-state index in [0.29, 0.717) is 5.56 Å². The molecule has 1 unspecified atom stereocenters. The highest BCUT2D eigenvalue weighted by Gasteiger charge is 2.17. The molecule has 2 N–H and O–H groups in total. The Hall–Kier alpha value is -2.60. The van der Waals surface area contributed by atoms with Crippen LogP contribution in [0.3, 0.4) is 0 Å². The van der Waals surface area contributed by atoms with Gasteiger partial charge in [-0.1, -0.05) is 30.3 Å². The lowest BCUT2D eigenvalue weighted by atomic mass is 10.1. The molecule has 1 atom stereocenters. The van der Waals surface area contributed by atoms with Crippen LogP contribution >= 0.6 is 0 Å². The third kappa shape index (κ3) is 2.66. The first-order valence-corrected chi connectivity index (χ1v) is 6.24. The summed E-state index contributed by atoms with van der Waals surface area (Å²) >= 11 is 0. The molecule has 0 amide bonds. The fraction of sp³-hybridized carbons (Fsp3) is 0.0667. The van der Waals surface area contributed by atoms with Gasteiger partial charge in [-0.2, -0.15) is 0 Å². The SMILES string of the molecule is NC(c1ccccc1)c1nnc(-c2ccc(F)c(F)c2)o1. The molecule has 1 heterocycles. The lowest BCUT2D eigenvalue weighted by Gasteiger charge is -2.06. The molecule has 0 aliphatic carbocycles. The number of benzene rings is 2. The summed E-state index contributed by atoms with van der Waals surface area (Å²) in [5, 5.41) is 7.68. The Morgan fingerprint density at radius 1 is 0.952 bits per heavy atom. The van der Waals surface area contributed by atoms with E-state index in [0.717, 1.165) is 17.7 Å². The van der Waals surface area contributed by atoms with Crippen LogP contribution in [0.15, 0.2) is 52.9 Å². The van der Waals surface area contributed by atoms with Crippen LogP contribution in [0.5, 0.6) is 0 Å². The quantitative estimate of drug-likeness (QED) is 0.804. The Labute approximate surface area is 119 Å². The maximum Gasteiger partial charge on any atom is 0.247 e. The minimum atomic E-state index is -0.973. The largest absolute Gasteiger partial charge is 0.419 e. The van der Waals surface area contributed by atoms with Gasteiger partial charge in [-0.3, -0.25) is 0 Å². The average Bonchev–Trinajstić information content (AvgIpc) is 3.00. The summed E-state index contributed by atoms with van der Waals surface area (Å²) in [5.41, 5.74) is 7.15. The lowest BCUT2D eigenvalue weighted by Crippen LogP contribution is -2.11. The van der Waals surface area contributed by atoms with Gasteiger partial charge in [0.1, 0.15) is 6.04 Å². The molecule has 0 bridgehead atoms. The van der Waals surface area contributed by atoms with Crippen molar-refractivity contribution < 1.29 is 13.2 Å². The molecule has 0 aliphatic rings. The Bertz CT molecular complexity index is 759. The molecule has 3 rings (SSSR count). The highest BCUT2D eigenvalue weighted by molar-refractivity contribution is 5.52. The van der Waals surface area contributed by atoms with E-state index in [-0.39, 0.29) is 11.8 Å². The molecule has 0 spiro atoms. The number of hydrogen-bond donors (Lipinski definition) is 1. The highest BCUT2D eigenvalue weighted by Crippen LogP contribution is 2.24. The van der Waals surface area contributed by atoms with Gasteiger partial charge < -0.3 is 10.2 Å². The van der Waals surface area contributed by atoms with E-state index in [1.807, 2.05) is 30.3 Å². The maximum absolute atomic E-state index is 13.2. The van der Waals surface area contributed by atoms with Crippen LogP contribution < -0.4 is 5.73 Å². The zero-order chi connectivity index (χ0) is 14.8. The van der Waals surface area contributed by atoms with E-state index < -0.39 is 17.7 Å². The van der Waals surface area contributed by atoms with Crippen molar-refractivity contribution in [3.8, 4) is 11.5 Å². The summed E-state index contributed by atoms with van der Waals surface area (Å²) in [7, 11) is 0. The van der Waals surface area contributed by atoms with Gasteiger partial charge in [0.25, 0.3) is 0 Å². The standard InChI is InChI=1S/C15H11F2N3O/c16-11-7-6-10(8-12(11)17)14-19-20-15(21-14)13(18)9-4-2-1-3-5-9/h1-8,13H,18H2. The first-order valence-electron chi connectivity index (χ1n) is 6.24. The minimum absolute atomic E-state index is 0.0929. The van der Waals surface area contributed by atoms with Crippen LogP contribution in [-0.4, -0.2) is 10.2 Å². The van der Waals surface area contributed by atoms with E-state index in [1.54, 1.807) is 0 Å². The second-order valence-electron chi connectivity index (χ2n) is 4.46. The number of halogens is 2. The topological polar surface area (TPSA) is 64.9 Å². The van der Waals surface area contributed by atoms with Gasteiger partial charge in [0.05, 0.1) is 0 Å². The number of nitrogens with two attached hydrogens (primary N) is 1. The molecule has 0 saturated carbocycles. The summed E-state index contributed by atoms with van der Waals surface area (Å²) in [4.78, 5) is 0. The summed E-state index contributed by atoms with van der Waals surface area (Å²) in [6.07, 6.45) is 0. The summed E-state index contributed by atoms with van der Waals surface area (Å²) in [6.45, 7) is 0. The molecular weight excluding hydrogens is 276 g/mol. The van der Waals surface area contributed by atoms with Crippen LogP contribution in [0.4, 0.5) is 8.78 Å². The Balaban J connectivity index is 1.91. The zero-order valence-corrected chi connectivity index (χ0v) is 10.8. The van der Waals surface area contributed by atoms with Gasteiger partial charge in [0.15, 0.2) is 11.6 Å². The van der Waals surface area contributed by atoms with E-state index in [4.69, 9.17) is 10.2 Å². The molecule has 21 heavy (non-hydrogen) atoms. The summed E-state index contributed by atoms with van der Waals surface area (Å²) in [5.74, 6) is -1.60. The van der Waals surface area contributed by atoms with Crippen molar-refractivity contribution in [2.45, 2.75) is 6.04 Å². The molecule has 3 aromatic rings. The molecule has 0 radical (unpaired) electrons. The van der Waals surface area contributed by atoms with Crippen molar-refractivity contribution in [2.75, 3.05) is 0 Å². The van der Waals surface area contributed by atoms with Crippen LogP contribution in [0, 0.1) is 11.6 Å². The predicted molar refractivity (Wildman–Crippen MR) is 72.1 cm³/mol. The molecule has 0 fully saturated rings. The van der Waals surface area contributed by atoms with Gasteiger partial charge in [-0.05, 0) is 23.8 Å². The molecule has 0 saturated heterocycles. The van der Waals surface area contributed by atoms with Crippen molar-refractivity contribution >= 4 is 0 Å². The van der Waals surface area contributed by atoms with Gasteiger partial charge in [-0.15, -0.1) is 10.2 Å². The van der Waals surface area contributed by atoms with Crippen LogP contribution in [0.1, 0.15) is 17.5 Å². The van der Waals surface area contributed by atoms with Crippen LogP contribution in [0.25, 0.3) is 11.5 Å². The van der Waals surface area contributed by atoms with Gasteiger partial charge in [-0.25, -0.2) is 8.78 Å².